The van der Waals surface area contributed by atoms with Crippen LogP contribution in [-0.2, 0) is 6.42 Å². The maximum Gasteiger partial charge on any atom is 0.0367 e. The van der Waals surface area contributed by atoms with E-state index in [1.165, 1.54) is 28.4 Å². The molecule has 1 aliphatic rings. The van der Waals surface area contributed by atoms with Crippen molar-refractivity contribution < 1.29 is 0 Å². The monoisotopic (exact) mass is 390 g/mol. The smallest absolute Gasteiger partial charge is 0.0367 e. The predicted octanol–water partition coefficient (Wildman–Crippen LogP) is 5.90. The highest BCUT2D eigenvalue weighted by atomic mass is 127. The number of hydrogen-bond donors (Lipinski definition) is 0. The second-order valence-electron chi connectivity index (χ2n) is 6.98. The molecule has 0 N–H and O–H groups in total. The van der Waals surface area contributed by atoms with Gasteiger partial charge in [-0.3, -0.25) is 0 Å². The Morgan fingerprint density at radius 3 is 2.37 bits per heavy atom. The van der Waals surface area contributed by atoms with Gasteiger partial charge in [-0.1, -0.05) is 32.9 Å². The standard InChI is InChI=1S/C17H24ClI/c1-17(2,3)14-6-9-16(18)13(11-14)10-12-4-7-15(19)8-5-12/h4-5,7-8,13-14,16H,6,9-11H2,1-3H3. The van der Waals surface area contributed by atoms with E-state index < -0.39 is 0 Å². The predicted molar refractivity (Wildman–Crippen MR) is 92.8 cm³/mol. The second kappa shape index (κ2) is 6.34. The van der Waals surface area contributed by atoms with Gasteiger partial charge in [0.15, 0.2) is 0 Å². The Kier molecular flexibility index (Phi) is 5.21. The first-order chi connectivity index (χ1) is 8.86. The third kappa shape index (κ3) is 4.35. The summed E-state index contributed by atoms with van der Waals surface area (Å²) in [7, 11) is 0. The van der Waals surface area contributed by atoms with Crippen LogP contribution in [0, 0.1) is 20.8 Å². The van der Waals surface area contributed by atoms with Gasteiger partial charge in [0.2, 0.25) is 0 Å². The van der Waals surface area contributed by atoms with Crippen molar-refractivity contribution >= 4 is 34.2 Å². The molecular weight excluding hydrogens is 367 g/mol. The van der Waals surface area contributed by atoms with Crippen LogP contribution in [0.2, 0.25) is 0 Å². The van der Waals surface area contributed by atoms with Gasteiger partial charge in [-0.25, -0.2) is 0 Å². The van der Waals surface area contributed by atoms with Gasteiger partial charge in [0.1, 0.15) is 0 Å². The van der Waals surface area contributed by atoms with Gasteiger partial charge in [-0.15, -0.1) is 11.6 Å². The highest BCUT2D eigenvalue weighted by Crippen LogP contribution is 2.43. The third-order valence-corrected chi connectivity index (χ3v) is 5.82. The molecule has 1 aliphatic carbocycles. The van der Waals surface area contributed by atoms with Gasteiger partial charge in [-0.05, 0) is 83.2 Å². The number of halogens is 2. The summed E-state index contributed by atoms with van der Waals surface area (Å²) < 4.78 is 1.31. The van der Waals surface area contributed by atoms with E-state index >= 15 is 0 Å². The maximum absolute atomic E-state index is 6.58. The minimum absolute atomic E-state index is 0.359. The van der Waals surface area contributed by atoms with Crippen LogP contribution in [0.15, 0.2) is 24.3 Å². The van der Waals surface area contributed by atoms with Crippen LogP contribution in [0.25, 0.3) is 0 Å². The summed E-state index contributed by atoms with van der Waals surface area (Å²) >= 11 is 8.94. The lowest BCUT2D eigenvalue weighted by molar-refractivity contribution is 0.144. The summed E-state index contributed by atoms with van der Waals surface area (Å²) in [5.41, 5.74) is 1.85. The molecule has 0 saturated heterocycles. The summed E-state index contributed by atoms with van der Waals surface area (Å²) in [6.07, 6.45) is 4.89. The Hall–Kier alpha value is 0.240. The number of alkyl halides is 1. The topological polar surface area (TPSA) is 0 Å². The van der Waals surface area contributed by atoms with E-state index in [0.29, 0.717) is 16.7 Å². The Bertz CT molecular complexity index is 404. The Labute approximate surface area is 136 Å². The molecule has 2 heteroatoms. The molecule has 1 fully saturated rings. The Morgan fingerprint density at radius 2 is 1.79 bits per heavy atom. The largest absolute Gasteiger partial charge is 0.123 e. The van der Waals surface area contributed by atoms with Crippen molar-refractivity contribution in [2.24, 2.45) is 17.3 Å². The van der Waals surface area contributed by atoms with Gasteiger partial charge in [0, 0.05) is 8.95 Å². The van der Waals surface area contributed by atoms with E-state index in [1.807, 2.05) is 0 Å². The number of hydrogen-bond acceptors (Lipinski definition) is 0. The minimum Gasteiger partial charge on any atom is -0.123 e. The van der Waals surface area contributed by atoms with Crippen molar-refractivity contribution in [1.82, 2.24) is 0 Å². The molecule has 0 amide bonds. The maximum atomic E-state index is 6.58. The van der Waals surface area contributed by atoms with Crippen molar-refractivity contribution in [2.75, 3.05) is 0 Å². The number of benzene rings is 1. The van der Waals surface area contributed by atoms with Crippen LogP contribution in [0.5, 0.6) is 0 Å². The van der Waals surface area contributed by atoms with Crippen molar-refractivity contribution in [3.05, 3.63) is 33.4 Å². The minimum atomic E-state index is 0.359. The molecule has 1 saturated carbocycles. The summed E-state index contributed by atoms with van der Waals surface area (Å²) in [4.78, 5) is 0. The van der Waals surface area contributed by atoms with E-state index in [1.54, 1.807) is 0 Å². The summed E-state index contributed by atoms with van der Waals surface area (Å²) in [6, 6.07) is 8.91. The van der Waals surface area contributed by atoms with Crippen molar-refractivity contribution in [3.8, 4) is 0 Å². The van der Waals surface area contributed by atoms with E-state index in [9.17, 15) is 0 Å². The fourth-order valence-corrected chi connectivity index (χ4v) is 3.83. The van der Waals surface area contributed by atoms with Crippen LogP contribution in [0.1, 0.15) is 45.6 Å². The lowest BCUT2D eigenvalue weighted by Crippen LogP contribution is -2.33. The van der Waals surface area contributed by atoms with Crippen LogP contribution in [-0.4, -0.2) is 5.38 Å². The normalized spacial score (nSPS) is 28.4. The zero-order valence-corrected chi connectivity index (χ0v) is 15.0. The highest BCUT2D eigenvalue weighted by Gasteiger charge is 2.34. The van der Waals surface area contributed by atoms with Crippen LogP contribution >= 0.6 is 34.2 Å². The van der Waals surface area contributed by atoms with Crippen LogP contribution in [0.3, 0.4) is 0 Å². The molecule has 0 aromatic heterocycles. The van der Waals surface area contributed by atoms with Crippen molar-refractivity contribution in [2.45, 2.75) is 51.8 Å². The Morgan fingerprint density at radius 1 is 1.16 bits per heavy atom. The average molecular weight is 391 g/mol. The van der Waals surface area contributed by atoms with Gasteiger partial charge in [0.05, 0.1) is 0 Å². The first-order valence-electron chi connectivity index (χ1n) is 7.25. The van der Waals surface area contributed by atoms with Crippen molar-refractivity contribution in [3.63, 3.8) is 0 Å². The first-order valence-corrected chi connectivity index (χ1v) is 8.76. The third-order valence-electron chi connectivity index (χ3n) is 4.53. The molecule has 0 heterocycles. The summed E-state index contributed by atoms with van der Waals surface area (Å²) in [5.74, 6) is 1.45. The molecule has 106 valence electrons. The molecule has 1 aromatic carbocycles. The molecule has 0 spiro atoms. The molecule has 3 unspecified atom stereocenters. The quantitative estimate of drug-likeness (QED) is 0.435. The summed E-state index contributed by atoms with van der Waals surface area (Å²) in [6.45, 7) is 7.11. The Balaban J connectivity index is 2.03. The zero-order chi connectivity index (χ0) is 14.0. The lowest BCUT2D eigenvalue weighted by Gasteiger charge is -2.40. The molecule has 19 heavy (non-hydrogen) atoms. The molecule has 0 radical (unpaired) electrons. The molecule has 3 atom stereocenters. The van der Waals surface area contributed by atoms with Gasteiger partial charge in [-0.2, -0.15) is 0 Å². The second-order valence-corrected chi connectivity index (χ2v) is 8.79. The van der Waals surface area contributed by atoms with E-state index in [2.05, 4.69) is 67.6 Å². The van der Waals surface area contributed by atoms with Gasteiger partial charge in [0.25, 0.3) is 0 Å². The van der Waals surface area contributed by atoms with Crippen LogP contribution in [0.4, 0.5) is 0 Å². The van der Waals surface area contributed by atoms with E-state index in [0.717, 1.165) is 12.3 Å². The summed E-state index contributed by atoms with van der Waals surface area (Å²) in [5, 5.41) is 0.359. The average Bonchev–Trinajstić information content (AvgIpc) is 2.33. The van der Waals surface area contributed by atoms with Gasteiger partial charge < -0.3 is 0 Å². The molecule has 0 bridgehead atoms. The fraction of sp³-hybridized carbons (Fsp3) is 0.647. The van der Waals surface area contributed by atoms with Crippen molar-refractivity contribution in [1.29, 1.82) is 0 Å². The molecule has 2 rings (SSSR count). The lowest BCUT2D eigenvalue weighted by atomic mass is 9.68. The van der Waals surface area contributed by atoms with E-state index in [-0.39, 0.29) is 0 Å². The number of rotatable bonds is 2. The molecule has 0 nitrogen and oxygen atoms in total. The SMILES string of the molecule is CC(C)(C)C1CCC(Cl)C(Cc2ccc(I)cc2)C1. The first kappa shape index (κ1) is 15.6. The van der Waals surface area contributed by atoms with E-state index in [4.69, 9.17) is 11.6 Å². The van der Waals surface area contributed by atoms with Crippen LogP contribution < -0.4 is 0 Å². The molecular formula is C17H24ClI. The fourth-order valence-electron chi connectivity index (χ4n) is 3.15. The zero-order valence-electron chi connectivity index (χ0n) is 12.1. The molecule has 1 aromatic rings. The highest BCUT2D eigenvalue weighted by molar-refractivity contribution is 14.1. The molecule has 0 aliphatic heterocycles. The van der Waals surface area contributed by atoms with Gasteiger partial charge >= 0.3 is 0 Å².